The highest BCUT2D eigenvalue weighted by Gasteiger charge is 2.20. The van der Waals surface area contributed by atoms with Crippen molar-refractivity contribution in [2.24, 2.45) is 0 Å². The Kier molecular flexibility index (Phi) is 6.24. The first-order valence-electron chi connectivity index (χ1n) is 12.2. The Bertz CT molecular complexity index is 1650. The van der Waals surface area contributed by atoms with Crippen molar-refractivity contribution in [1.82, 2.24) is 0 Å². The van der Waals surface area contributed by atoms with Gasteiger partial charge in [-0.3, -0.25) is 0 Å². The van der Waals surface area contributed by atoms with E-state index in [2.05, 4.69) is 122 Å². The van der Waals surface area contributed by atoms with Crippen LogP contribution >= 0.6 is 0 Å². The van der Waals surface area contributed by atoms with Gasteiger partial charge in [0.15, 0.2) is 0 Å². The molecule has 0 radical (unpaired) electrons. The lowest BCUT2D eigenvalue weighted by molar-refractivity contribution is 0.417. The summed E-state index contributed by atoms with van der Waals surface area (Å²) in [4.78, 5) is 0. The average molecular weight is 503 g/mol. The van der Waals surface area contributed by atoms with Gasteiger partial charge in [-0.25, -0.2) is 0 Å². The number of hydrogen-bond acceptors (Lipinski definition) is 2. The van der Waals surface area contributed by atoms with Crippen LogP contribution in [-0.4, -0.2) is 30.9 Å². The topological polar surface area (TPSA) is 18.5 Å². The zero-order chi connectivity index (χ0) is 25.5. The van der Waals surface area contributed by atoms with Crippen LogP contribution in [0.4, 0.5) is 0 Å². The largest absolute Gasteiger partial charge is 0.409 e. The van der Waals surface area contributed by atoms with E-state index in [0.29, 0.717) is 0 Å². The number of rotatable bonds is 2. The third-order valence-corrected chi connectivity index (χ3v) is 10.3. The highest BCUT2D eigenvalue weighted by molar-refractivity contribution is 6.79. The Balaban J connectivity index is 1.96. The van der Waals surface area contributed by atoms with Gasteiger partial charge in [-0.1, -0.05) is 71.5 Å². The summed E-state index contributed by atoms with van der Waals surface area (Å²) in [6.07, 6.45) is 0. The molecule has 0 spiro atoms. The molecule has 0 atom stereocenters. The molecule has 5 aromatic rings. The molecule has 0 aliphatic carbocycles. The number of hydrogen-bond donors (Lipinski definition) is 0. The molecule has 178 valence electrons. The summed E-state index contributed by atoms with van der Waals surface area (Å²) in [6, 6.07) is 26.1. The van der Waals surface area contributed by atoms with Crippen molar-refractivity contribution in [2.45, 2.75) is 26.2 Å². The van der Waals surface area contributed by atoms with E-state index in [1.807, 2.05) is 0 Å². The molecule has 0 aromatic heterocycles. The van der Waals surface area contributed by atoms with E-state index >= 15 is 0 Å². The van der Waals surface area contributed by atoms with Gasteiger partial charge in [0.25, 0.3) is 16.6 Å². The Morgan fingerprint density at radius 3 is 1.28 bits per heavy atom. The van der Waals surface area contributed by atoms with Gasteiger partial charge in [-0.15, -0.1) is 0 Å². The van der Waals surface area contributed by atoms with Crippen molar-refractivity contribution < 1.29 is 8.85 Å². The summed E-state index contributed by atoms with van der Waals surface area (Å²) in [5.41, 5.74) is 9.07. The van der Waals surface area contributed by atoms with E-state index in [9.17, 15) is 0 Å². The first kappa shape index (κ1) is 24.3. The molecule has 0 heterocycles. The fourth-order valence-electron chi connectivity index (χ4n) is 4.41. The lowest BCUT2D eigenvalue weighted by Gasteiger charge is -2.15. The molecular weight excluding hydrogens is 473 g/mol. The molecule has 0 saturated heterocycles. The van der Waals surface area contributed by atoms with Crippen LogP contribution in [0.25, 0.3) is 43.1 Å². The second-order valence-corrected chi connectivity index (χ2v) is 17.5. The van der Waals surface area contributed by atoms with Crippen LogP contribution in [0.1, 0.15) is 11.1 Å². The summed E-state index contributed by atoms with van der Waals surface area (Å²) in [7, 11) is -0.647. The summed E-state index contributed by atoms with van der Waals surface area (Å²) in [5, 5.41) is 9.38. The van der Waals surface area contributed by atoms with E-state index in [4.69, 9.17) is 8.85 Å². The first-order valence-corrected chi connectivity index (χ1v) is 18.0. The van der Waals surface area contributed by atoms with E-state index in [-0.39, 0.29) is 0 Å². The van der Waals surface area contributed by atoms with Crippen LogP contribution in [0.5, 0.6) is 0 Å². The Morgan fingerprint density at radius 1 is 0.500 bits per heavy atom. The van der Waals surface area contributed by atoms with Crippen molar-refractivity contribution in [1.29, 1.82) is 0 Å². The van der Waals surface area contributed by atoms with E-state index in [1.165, 1.54) is 21.5 Å². The van der Waals surface area contributed by atoms with Crippen LogP contribution in [0.3, 0.4) is 0 Å². The minimum Gasteiger partial charge on any atom is -0.409 e. The molecule has 0 amide bonds. The molecule has 0 fully saturated rings. The van der Waals surface area contributed by atoms with Gasteiger partial charge in [0, 0.05) is 25.3 Å². The van der Waals surface area contributed by atoms with Gasteiger partial charge >= 0.3 is 0 Å². The third-order valence-electron chi connectivity index (χ3n) is 6.84. The number of benzene rings is 5. The van der Waals surface area contributed by atoms with Gasteiger partial charge < -0.3 is 8.85 Å². The fourth-order valence-corrected chi connectivity index (χ4v) is 5.47. The Labute approximate surface area is 215 Å². The standard InChI is InChI=1S/C32H30O2Si2/c1-33-35(3,4)17-15-29-27-13-9-10-14-28(27)30(16-18-36(5,6)34-2)32-22-26-20-24-12-8-7-11-23(24)19-25(26)21-31(29)32/h7-14,19-22H,1-6H3. The highest BCUT2D eigenvalue weighted by Crippen LogP contribution is 2.36. The predicted molar refractivity (Wildman–Crippen MR) is 159 cm³/mol. The molecular formula is C32H30O2Si2. The summed E-state index contributed by atoms with van der Waals surface area (Å²) in [6.45, 7) is 8.51. The molecule has 0 N–H and O–H groups in total. The molecule has 0 aliphatic rings. The Morgan fingerprint density at radius 2 is 0.889 bits per heavy atom. The molecule has 36 heavy (non-hydrogen) atoms. The normalized spacial score (nSPS) is 11.9. The highest BCUT2D eigenvalue weighted by atomic mass is 28.4. The quantitative estimate of drug-likeness (QED) is 0.139. The molecule has 0 bridgehead atoms. The van der Waals surface area contributed by atoms with Crippen molar-refractivity contribution >= 4 is 59.7 Å². The molecule has 4 heteroatoms. The summed E-state index contributed by atoms with van der Waals surface area (Å²) in [5.74, 6) is 7.11. The average Bonchev–Trinajstić information content (AvgIpc) is 2.88. The van der Waals surface area contributed by atoms with E-state index < -0.39 is 16.6 Å². The predicted octanol–water partition coefficient (Wildman–Crippen LogP) is 7.78. The van der Waals surface area contributed by atoms with Gasteiger partial charge in [0.05, 0.1) is 0 Å². The van der Waals surface area contributed by atoms with Crippen LogP contribution < -0.4 is 0 Å². The van der Waals surface area contributed by atoms with Crippen molar-refractivity contribution in [3.8, 4) is 22.9 Å². The first-order chi connectivity index (χ1) is 17.2. The SMILES string of the molecule is CO[Si](C)(C)C#Cc1c2ccccc2c(C#C[Si](C)(C)OC)c2cc3cc4ccccc4cc3cc12. The summed E-state index contributed by atoms with van der Waals surface area (Å²) >= 11 is 0. The van der Waals surface area contributed by atoms with E-state index in [0.717, 1.165) is 32.7 Å². The maximum absolute atomic E-state index is 5.75. The lowest BCUT2D eigenvalue weighted by Crippen LogP contribution is -2.26. The minimum absolute atomic E-state index is 1.04. The molecule has 2 nitrogen and oxygen atoms in total. The molecule has 0 saturated carbocycles. The van der Waals surface area contributed by atoms with Crippen LogP contribution in [0, 0.1) is 22.9 Å². The fraction of sp³-hybridized carbons (Fsp3) is 0.188. The minimum atomic E-state index is -2.08. The van der Waals surface area contributed by atoms with Gasteiger partial charge in [0.2, 0.25) is 0 Å². The van der Waals surface area contributed by atoms with E-state index in [1.54, 1.807) is 14.2 Å². The van der Waals surface area contributed by atoms with Crippen molar-refractivity contribution in [2.75, 3.05) is 14.2 Å². The van der Waals surface area contributed by atoms with Crippen LogP contribution in [0.15, 0.2) is 72.8 Å². The zero-order valence-corrected chi connectivity index (χ0v) is 23.7. The monoisotopic (exact) mass is 502 g/mol. The maximum Gasteiger partial charge on any atom is 0.265 e. The maximum atomic E-state index is 5.75. The van der Waals surface area contributed by atoms with Gasteiger partial charge in [-0.2, -0.15) is 0 Å². The smallest absolute Gasteiger partial charge is 0.265 e. The van der Waals surface area contributed by atoms with Crippen LogP contribution in [-0.2, 0) is 8.85 Å². The molecule has 5 aromatic carbocycles. The summed E-state index contributed by atoms with van der Waals surface area (Å²) < 4.78 is 11.5. The number of fused-ring (bicyclic) bond motifs is 4. The molecule has 0 aliphatic heterocycles. The third kappa shape index (κ3) is 4.57. The Hall–Kier alpha value is -3.39. The van der Waals surface area contributed by atoms with Gasteiger partial charge in [0.1, 0.15) is 0 Å². The zero-order valence-electron chi connectivity index (χ0n) is 21.7. The molecule has 0 unspecified atom stereocenters. The van der Waals surface area contributed by atoms with Crippen molar-refractivity contribution in [3.63, 3.8) is 0 Å². The molecule has 5 rings (SSSR count). The second-order valence-electron chi connectivity index (χ2n) is 10.2. The second kappa shape index (κ2) is 9.24. The van der Waals surface area contributed by atoms with Crippen molar-refractivity contribution in [3.05, 3.63) is 83.9 Å². The lowest BCUT2D eigenvalue weighted by atomic mass is 9.90. The van der Waals surface area contributed by atoms with Gasteiger partial charge in [-0.05, 0) is 93.5 Å². The van der Waals surface area contributed by atoms with Crippen LogP contribution in [0.2, 0.25) is 26.2 Å².